The molecular formula is C10H20NO. The average molecular weight is 170 g/mol. The van der Waals surface area contributed by atoms with Gasteiger partial charge in [0, 0.05) is 19.1 Å². The van der Waals surface area contributed by atoms with Gasteiger partial charge in [0.1, 0.15) is 0 Å². The maximum atomic E-state index is 5.29. The van der Waals surface area contributed by atoms with Crippen LogP contribution in [-0.2, 0) is 4.74 Å². The second kappa shape index (κ2) is 3.75. The molecule has 12 heavy (non-hydrogen) atoms. The number of morpholine rings is 1. The van der Waals surface area contributed by atoms with E-state index >= 15 is 0 Å². The van der Waals surface area contributed by atoms with Gasteiger partial charge in [-0.2, -0.15) is 0 Å². The largest absolute Gasteiger partial charge is 0.379 e. The van der Waals surface area contributed by atoms with Crippen LogP contribution in [0.15, 0.2) is 0 Å². The van der Waals surface area contributed by atoms with E-state index in [0.717, 1.165) is 26.3 Å². The molecule has 0 aromatic rings. The van der Waals surface area contributed by atoms with Crippen molar-refractivity contribution in [1.29, 1.82) is 0 Å². The predicted molar refractivity (Wildman–Crippen MR) is 51.0 cm³/mol. The van der Waals surface area contributed by atoms with Crippen molar-refractivity contribution in [3.8, 4) is 0 Å². The topological polar surface area (TPSA) is 12.5 Å². The van der Waals surface area contributed by atoms with Crippen molar-refractivity contribution in [1.82, 2.24) is 4.90 Å². The van der Waals surface area contributed by atoms with Crippen LogP contribution in [0.5, 0.6) is 0 Å². The number of rotatable bonds is 1. The third kappa shape index (κ3) is 2.46. The smallest absolute Gasteiger partial charge is 0.0594 e. The summed E-state index contributed by atoms with van der Waals surface area (Å²) in [4.78, 5) is 2.41. The second-order valence-electron chi connectivity index (χ2n) is 4.53. The van der Waals surface area contributed by atoms with Crippen LogP contribution in [-0.4, -0.2) is 37.2 Å². The Labute approximate surface area is 75.9 Å². The van der Waals surface area contributed by atoms with Crippen LogP contribution in [0, 0.1) is 12.3 Å². The van der Waals surface area contributed by atoms with E-state index in [1.165, 1.54) is 0 Å². The highest BCUT2D eigenvalue weighted by molar-refractivity contribution is 4.85. The molecule has 1 atom stereocenters. The van der Waals surface area contributed by atoms with Crippen LogP contribution in [0.4, 0.5) is 0 Å². The summed E-state index contributed by atoms with van der Waals surface area (Å²) in [5.74, 6) is 0. The van der Waals surface area contributed by atoms with E-state index in [2.05, 4.69) is 32.6 Å². The van der Waals surface area contributed by atoms with Gasteiger partial charge < -0.3 is 4.74 Å². The first kappa shape index (κ1) is 10.0. The third-order valence-electron chi connectivity index (χ3n) is 2.49. The Morgan fingerprint density at radius 1 is 1.25 bits per heavy atom. The first-order valence-corrected chi connectivity index (χ1v) is 4.66. The Bertz CT molecular complexity index is 133. The molecule has 1 saturated heterocycles. The number of nitrogens with zero attached hydrogens (tertiary/aromatic N) is 1. The SMILES string of the molecule is [CH2]C(N1CCOCC1)C(C)(C)C. The minimum atomic E-state index is 0.275. The summed E-state index contributed by atoms with van der Waals surface area (Å²) in [5.41, 5.74) is 0.275. The van der Waals surface area contributed by atoms with E-state index in [1.54, 1.807) is 0 Å². The standard InChI is InChI=1S/C10H20NO/c1-9(10(2,3)4)11-5-7-12-8-6-11/h9H,1,5-8H2,2-4H3. The normalized spacial score (nSPS) is 24.0. The molecule has 0 aromatic carbocycles. The summed E-state index contributed by atoms with van der Waals surface area (Å²) in [5, 5.41) is 0. The summed E-state index contributed by atoms with van der Waals surface area (Å²) in [7, 11) is 0. The lowest BCUT2D eigenvalue weighted by Crippen LogP contribution is -2.47. The molecule has 2 heteroatoms. The van der Waals surface area contributed by atoms with Crippen LogP contribution in [0.2, 0.25) is 0 Å². The summed E-state index contributed by atoms with van der Waals surface area (Å²) in [6, 6.07) is 0.404. The molecule has 1 radical (unpaired) electrons. The van der Waals surface area contributed by atoms with Gasteiger partial charge in [0.2, 0.25) is 0 Å². The fourth-order valence-electron chi connectivity index (χ4n) is 1.44. The Hall–Kier alpha value is -0.0800. The zero-order chi connectivity index (χ0) is 9.19. The lowest BCUT2D eigenvalue weighted by Gasteiger charge is -2.39. The quantitative estimate of drug-likeness (QED) is 0.592. The van der Waals surface area contributed by atoms with Gasteiger partial charge in [0.25, 0.3) is 0 Å². The predicted octanol–water partition coefficient (Wildman–Crippen LogP) is 1.57. The van der Waals surface area contributed by atoms with Gasteiger partial charge in [0.05, 0.1) is 13.2 Å². The van der Waals surface area contributed by atoms with Crippen molar-refractivity contribution in [2.24, 2.45) is 5.41 Å². The van der Waals surface area contributed by atoms with E-state index in [9.17, 15) is 0 Å². The summed E-state index contributed by atoms with van der Waals surface area (Å²) >= 11 is 0. The van der Waals surface area contributed by atoms with Gasteiger partial charge in [-0.15, -0.1) is 0 Å². The van der Waals surface area contributed by atoms with E-state index in [0.29, 0.717) is 6.04 Å². The van der Waals surface area contributed by atoms with Crippen LogP contribution in [0.3, 0.4) is 0 Å². The molecule has 0 amide bonds. The van der Waals surface area contributed by atoms with E-state index < -0.39 is 0 Å². The Morgan fingerprint density at radius 2 is 1.75 bits per heavy atom. The van der Waals surface area contributed by atoms with Gasteiger partial charge in [-0.25, -0.2) is 0 Å². The third-order valence-corrected chi connectivity index (χ3v) is 2.49. The van der Waals surface area contributed by atoms with Crippen molar-refractivity contribution >= 4 is 0 Å². The average Bonchev–Trinajstić information content (AvgIpc) is 2.03. The summed E-state index contributed by atoms with van der Waals surface area (Å²) < 4.78 is 5.29. The maximum Gasteiger partial charge on any atom is 0.0594 e. The van der Waals surface area contributed by atoms with Gasteiger partial charge in [0.15, 0.2) is 0 Å². The molecule has 0 aliphatic carbocycles. The molecule has 1 unspecified atom stereocenters. The minimum Gasteiger partial charge on any atom is -0.379 e. The van der Waals surface area contributed by atoms with Gasteiger partial charge in [-0.3, -0.25) is 4.90 Å². The fourth-order valence-corrected chi connectivity index (χ4v) is 1.44. The summed E-state index contributed by atoms with van der Waals surface area (Å²) in [6.45, 7) is 14.7. The molecule has 2 nitrogen and oxygen atoms in total. The fraction of sp³-hybridized carbons (Fsp3) is 0.900. The molecule has 0 bridgehead atoms. The minimum absolute atomic E-state index is 0.275. The van der Waals surface area contributed by atoms with Crippen molar-refractivity contribution < 1.29 is 4.74 Å². The van der Waals surface area contributed by atoms with E-state index in [-0.39, 0.29) is 5.41 Å². The highest BCUT2D eigenvalue weighted by Crippen LogP contribution is 2.23. The molecule has 1 aliphatic heterocycles. The molecule has 1 fully saturated rings. The Balaban J connectivity index is 2.45. The first-order chi connectivity index (χ1) is 5.52. The lowest BCUT2D eigenvalue weighted by molar-refractivity contribution is 0.00303. The Morgan fingerprint density at radius 3 is 2.17 bits per heavy atom. The van der Waals surface area contributed by atoms with E-state index in [4.69, 9.17) is 4.74 Å². The van der Waals surface area contributed by atoms with Crippen molar-refractivity contribution in [2.45, 2.75) is 26.8 Å². The molecular weight excluding hydrogens is 150 g/mol. The molecule has 0 saturated carbocycles. The number of ether oxygens (including phenoxy) is 1. The van der Waals surface area contributed by atoms with Crippen LogP contribution >= 0.6 is 0 Å². The number of hydrogen-bond acceptors (Lipinski definition) is 2. The molecule has 0 N–H and O–H groups in total. The Kier molecular flexibility index (Phi) is 3.13. The molecule has 1 heterocycles. The van der Waals surface area contributed by atoms with Crippen molar-refractivity contribution in [3.05, 3.63) is 6.92 Å². The van der Waals surface area contributed by atoms with Crippen LogP contribution in [0.25, 0.3) is 0 Å². The molecule has 1 aliphatic rings. The van der Waals surface area contributed by atoms with Crippen LogP contribution in [0.1, 0.15) is 20.8 Å². The highest BCUT2D eigenvalue weighted by atomic mass is 16.5. The number of hydrogen-bond donors (Lipinski definition) is 0. The molecule has 0 aromatic heterocycles. The van der Waals surface area contributed by atoms with Gasteiger partial charge >= 0.3 is 0 Å². The van der Waals surface area contributed by atoms with Crippen molar-refractivity contribution in [3.63, 3.8) is 0 Å². The maximum absolute atomic E-state index is 5.29. The monoisotopic (exact) mass is 170 g/mol. The zero-order valence-electron chi connectivity index (χ0n) is 8.47. The second-order valence-corrected chi connectivity index (χ2v) is 4.53. The molecule has 0 spiro atoms. The van der Waals surface area contributed by atoms with Crippen molar-refractivity contribution in [2.75, 3.05) is 26.3 Å². The van der Waals surface area contributed by atoms with Gasteiger partial charge in [-0.05, 0) is 12.3 Å². The first-order valence-electron chi connectivity index (χ1n) is 4.66. The highest BCUT2D eigenvalue weighted by Gasteiger charge is 2.27. The molecule has 1 rings (SSSR count). The molecule has 71 valence electrons. The van der Waals surface area contributed by atoms with E-state index in [1.807, 2.05) is 0 Å². The summed E-state index contributed by atoms with van der Waals surface area (Å²) in [6.07, 6.45) is 0. The lowest BCUT2D eigenvalue weighted by atomic mass is 9.87. The zero-order valence-corrected chi connectivity index (χ0v) is 8.47. The van der Waals surface area contributed by atoms with Crippen LogP contribution < -0.4 is 0 Å². The van der Waals surface area contributed by atoms with Gasteiger partial charge in [-0.1, -0.05) is 20.8 Å².